The van der Waals surface area contributed by atoms with Gasteiger partial charge in [-0.15, -0.1) is 5.10 Å². The van der Waals surface area contributed by atoms with Crippen LogP contribution in [-0.4, -0.2) is 26.7 Å². The topological polar surface area (TPSA) is 97.9 Å². The minimum atomic E-state index is -0.975. The van der Waals surface area contributed by atoms with Gasteiger partial charge in [-0.2, -0.15) is 5.01 Å². The van der Waals surface area contributed by atoms with E-state index in [1.165, 1.54) is 13.0 Å². The average Bonchev–Trinajstić information content (AvgIpc) is 3.01. The number of hydrazone groups is 1. The van der Waals surface area contributed by atoms with Gasteiger partial charge in [0.1, 0.15) is 0 Å². The smallest absolute Gasteiger partial charge is 0.278 e. The Balaban J connectivity index is 2.01. The van der Waals surface area contributed by atoms with Gasteiger partial charge in [0.2, 0.25) is 18.0 Å². The molecule has 0 saturated carbocycles. The molecule has 8 nitrogen and oxygen atoms in total. The largest absolute Gasteiger partial charge is 0.445 e. The molecule has 2 heterocycles. The van der Waals surface area contributed by atoms with Crippen LogP contribution < -0.4 is 0 Å². The Hall–Kier alpha value is -3.29. The number of hydrogen-bond acceptors (Lipinski definition) is 6. The van der Waals surface area contributed by atoms with Crippen LogP contribution in [0, 0.1) is 10.1 Å². The molecule has 3 rings (SSSR count). The third-order valence-electron chi connectivity index (χ3n) is 3.29. The fourth-order valence-corrected chi connectivity index (χ4v) is 2.24. The first kappa shape index (κ1) is 14.6. The number of hydrogen-bond donors (Lipinski definition) is 0. The summed E-state index contributed by atoms with van der Waals surface area (Å²) >= 11 is 0. The van der Waals surface area contributed by atoms with Crippen molar-refractivity contribution in [2.75, 3.05) is 0 Å². The van der Waals surface area contributed by atoms with E-state index in [4.69, 9.17) is 4.74 Å². The first-order valence-electron chi connectivity index (χ1n) is 6.76. The number of nitrogens with zero attached hydrogens (tertiary/aromatic N) is 4. The van der Waals surface area contributed by atoms with Crippen molar-refractivity contribution in [1.82, 2.24) is 9.99 Å². The zero-order valence-electron chi connectivity index (χ0n) is 12.1. The predicted octanol–water partition coefficient (Wildman–Crippen LogP) is 2.23. The molecule has 0 saturated heterocycles. The Bertz CT molecular complexity index is 791. The Morgan fingerprint density at radius 3 is 2.61 bits per heavy atom. The van der Waals surface area contributed by atoms with Crippen LogP contribution >= 0.6 is 0 Å². The molecule has 116 valence electrons. The van der Waals surface area contributed by atoms with Crippen LogP contribution in [0.25, 0.3) is 0 Å². The molecule has 8 heteroatoms. The molecule has 1 aromatic heterocycles. The van der Waals surface area contributed by atoms with Gasteiger partial charge in [-0.25, -0.2) is 0 Å². The fourth-order valence-electron chi connectivity index (χ4n) is 2.24. The van der Waals surface area contributed by atoms with E-state index in [9.17, 15) is 14.9 Å². The van der Waals surface area contributed by atoms with E-state index in [1.807, 2.05) is 0 Å². The van der Waals surface area contributed by atoms with Crippen molar-refractivity contribution in [3.05, 3.63) is 70.0 Å². The lowest BCUT2D eigenvalue weighted by molar-refractivity contribution is -0.386. The highest BCUT2D eigenvalue weighted by molar-refractivity contribution is 5.96. The number of rotatable bonds is 3. The number of benzene rings is 1. The van der Waals surface area contributed by atoms with E-state index in [0.29, 0.717) is 5.56 Å². The maximum absolute atomic E-state index is 11.8. The van der Waals surface area contributed by atoms with E-state index in [0.717, 1.165) is 5.01 Å². The Morgan fingerprint density at radius 2 is 1.96 bits per heavy atom. The van der Waals surface area contributed by atoms with Gasteiger partial charge in [0.15, 0.2) is 0 Å². The van der Waals surface area contributed by atoms with Gasteiger partial charge in [0.25, 0.3) is 5.69 Å². The summed E-state index contributed by atoms with van der Waals surface area (Å²) in [5.74, 6) is -0.164. The molecule has 1 atom stereocenters. The maximum Gasteiger partial charge on any atom is 0.278 e. The van der Waals surface area contributed by atoms with Crippen molar-refractivity contribution in [3.63, 3.8) is 0 Å². The van der Waals surface area contributed by atoms with Crippen LogP contribution in [0.1, 0.15) is 24.3 Å². The summed E-state index contributed by atoms with van der Waals surface area (Å²) in [6.07, 6.45) is 2.16. The molecule has 0 aliphatic carbocycles. The second kappa shape index (κ2) is 5.84. The molecule has 0 bridgehead atoms. The van der Waals surface area contributed by atoms with Crippen LogP contribution in [0.5, 0.6) is 0 Å². The highest BCUT2D eigenvalue weighted by Crippen LogP contribution is 2.35. The van der Waals surface area contributed by atoms with E-state index in [2.05, 4.69) is 10.1 Å². The lowest BCUT2D eigenvalue weighted by atomic mass is 10.1. The summed E-state index contributed by atoms with van der Waals surface area (Å²) < 4.78 is 5.72. The van der Waals surface area contributed by atoms with Crippen molar-refractivity contribution in [3.8, 4) is 0 Å². The van der Waals surface area contributed by atoms with Gasteiger partial charge in [0, 0.05) is 30.9 Å². The summed E-state index contributed by atoms with van der Waals surface area (Å²) in [6.45, 7) is 1.32. The number of amides is 1. The second-order valence-corrected chi connectivity index (χ2v) is 4.79. The number of nitro groups is 1. The van der Waals surface area contributed by atoms with Gasteiger partial charge < -0.3 is 4.74 Å². The molecule has 1 unspecified atom stereocenters. The average molecular weight is 312 g/mol. The van der Waals surface area contributed by atoms with Crippen molar-refractivity contribution in [2.45, 2.75) is 13.2 Å². The molecule has 23 heavy (non-hydrogen) atoms. The molecule has 0 spiro atoms. The van der Waals surface area contributed by atoms with Gasteiger partial charge in [0.05, 0.1) is 10.5 Å². The summed E-state index contributed by atoms with van der Waals surface area (Å²) in [7, 11) is 0. The summed E-state index contributed by atoms with van der Waals surface area (Å²) in [6, 6.07) is 9.47. The van der Waals surface area contributed by atoms with E-state index in [-0.39, 0.29) is 23.1 Å². The predicted molar refractivity (Wildman–Crippen MR) is 80.2 cm³/mol. The molecule has 1 aromatic carbocycles. The molecule has 1 amide bonds. The van der Waals surface area contributed by atoms with Crippen LogP contribution in [0.15, 0.2) is 53.9 Å². The zero-order chi connectivity index (χ0) is 16.4. The highest BCUT2D eigenvalue weighted by Gasteiger charge is 2.36. The van der Waals surface area contributed by atoms with E-state index >= 15 is 0 Å². The van der Waals surface area contributed by atoms with Crippen LogP contribution in [-0.2, 0) is 9.53 Å². The van der Waals surface area contributed by atoms with Crippen molar-refractivity contribution < 1.29 is 14.5 Å². The minimum absolute atomic E-state index is 0.130. The molecule has 1 aliphatic rings. The molecule has 0 N–H and O–H groups in total. The second-order valence-electron chi connectivity index (χ2n) is 4.79. The first-order valence-corrected chi connectivity index (χ1v) is 6.76. The molecule has 0 radical (unpaired) electrons. The van der Waals surface area contributed by atoms with Crippen molar-refractivity contribution >= 4 is 17.5 Å². The molecule has 2 aromatic rings. The Labute approximate surface area is 131 Å². The number of ether oxygens (including phenoxy) is 1. The maximum atomic E-state index is 11.8. The first-order chi connectivity index (χ1) is 11.1. The zero-order valence-corrected chi connectivity index (χ0v) is 12.1. The van der Waals surface area contributed by atoms with E-state index in [1.54, 1.807) is 42.7 Å². The lowest BCUT2D eigenvalue weighted by Gasteiger charge is -2.19. The van der Waals surface area contributed by atoms with Gasteiger partial charge in [-0.05, 0) is 18.2 Å². The molecule has 0 fully saturated rings. The molecular formula is C15H12N4O4. The van der Waals surface area contributed by atoms with Gasteiger partial charge in [-0.3, -0.25) is 19.9 Å². The third kappa shape index (κ3) is 2.73. The van der Waals surface area contributed by atoms with Crippen molar-refractivity contribution in [2.24, 2.45) is 5.10 Å². The summed E-state index contributed by atoms with van der Waals surface area (Å²) in [5.41, 5.74) is 0.766. The number of carbonyl (C=O) groups is 1. The van der Waals surface area contributed by atoms with Gasteiger partial charge in [-0.1, -0.05) is 12.1 Å². The number of aromatic nitrogens is 1. The number of nitro benzene ring substituents is 1. The van der Waals surface area contributed by atoms with Crippen molar-refractivity contribution in [1.29, 1.82) is 0 Å². The Morgan fingerprint density at radius 1 is 1.26 bits per heavy atom. The standard InChI is InChI=1S/C15H12N4O4/c1-10(20)18-15(12-4-2-3-5-13(12)19(21)22)23-14(17-18)11-6-8-16-9-7-11/h2-9,15H,1H3. The molecule has 1 aliphatic heterocycles. The van der Waals surface area contributed by atoms with E-state index < -0.39 is 11.2 Å². The Kier molecular flexibility index (Phi) is 3.71. The van der Waals surface area contributed by atoms with Crippen LogP contribution in [0.3, 0.4) is 0 Å². The monoisotopic (exact) mass is 312 g/mol. The van der Waals surface area contributed by atoms with Gasteiger partial charge >= 0.3 is 0 Å². The minimum Gasteiger partial charge on any atom is -0.445 e. The van der Waals surface area contributed by atoms with Crippen LogP contribution in [0.2, 0.25) is 0 Å². The highest BCUT2D eigenvalue weighted by atomic mass is 16.6. The quantitative estimate of drug-likeness (QED) is 0.639. The number of pyridine rings is 1. The summed E-state index contributed by atoms with van der Waals surface area (Å²) in [5, 5.41) is 16.4. The lowest BCUT2D eigenvalue weighted by Crippen LogP contribution is -2.25. The SMILES string of the molecule is CC(=O)N1N=C(c2ccncc2)OC1c1ccccc1[N+](=O)[O-]. The number of carbonyl (C=O) groups excluding carboxylic acids is 1. The number of para-hydroxylation sites is 1. The molecular weight excluding hydrogens is 300 g/mol. The summed E-state index contributed by atoms with van der Waals surface area (Å²) in [4.78, 5) is 26.4. The normalized spacial score (nSPS) is 16.7. The third-order valence-corrected chi connectivity index (χ3v) is 3.29. The fraction of sp³-hybridized carbons (Fsp3) is 0.133. The van der Waals surface area contributed by atoms with Crippen LogP contribution in [0.4, 0.5) is 5.69 Å².